The molecule has 0 fully saturated rings. The van der Waals surface area contributed by atoms with Crippen LogP contribution in [-0.2, 0) is 19.6 Å². The number of hydrogen-bond donors (Lipinski definition) is 2. The zero-order valence-electron chi connectivity index (χ0n) is 9.33. The molecule has 86 valence electrons. The molecule has 1 heterocycles. The summed E-state index contributed by atoms with van der Waals surface area (Å²) in [5.74, 6) is 0. The van der Waals surface area contributed by atoms with E-state index in [2.05, 4.69) is 6.92 Å². The first-order valence-electron chi connectivity index (χ1n) is 5.64. The Kier molecular flexibility index (Phi) is 5.91. The van der Waals surface area contributed by atoms with Crippen LogP contribution in [0.25, 0.3) is 0 Å². The van der Waals surface area contributed by atoms with Crippen molar-refractivity contribution in [3.8, 4) is 0 Å². The summed E-state index contributed by atoms with van der Waals surface area (Å²) in [6.45, 7) is 2.30. The van der Waals surface area contributed by atoms with Gasteiger partial charge in [0.15, 0.2) is 0 Å². The lowest BCUT2D eigenvalue weighted by Gasteiger charge is -1.96. The first-order chi connectivity index (χ1) is 7.31. The monoisotopic (exact) mass is 228 g/mol. The molecule has 0 amide bonds. The molecule has 0 aliphatic heterocycles. The predicted molar refractivity (Wildman–Crippen MR) is 64.0 cm³/mol. The highest BCUT2D eigenvalue weighted by Crippen LogP contribution is 2.24. The van der Waals surface area contributed by atoms with Gasteiger partial charge in [-0.15, -0.1) is 11.3 Å². The standard InChI is InChI=1S/C12H20O2S/c1-2-3-4-5-6-11-7-10(8-13)12(9-14)15-11/h7,13-14H,2-6,8-9H2,1H3. The van der Waals surface area contributed by atoms with Gasteiger partial charge < -0.3 is 10.2 Å². The molecule has 1 aromatic heterocycles. The van der Waals surface area contributed by atoms with Crippen molar-refractivity contribution in [3.63, 3.8) is 0 Å². The van der Waals surface area contributed by atoms with Gasteiger partial charge in [-0.25, -0.2) is 0 Å². The second kappa shape index (κ2) is 6.99. The fraction of sp³-hybridized carbons (Fsp3) is 0.667. The van der Waals surface area contributed by atoms with Crippen molar-refractivity contribution in [2.24, 2.45) is 0 Å². The van der Waals surface area contributed by atoms with E-state index in [4.69, 9.17) is 10.2 Å². The molecule has 0 unspecified atom stereocenters. The molecule has 15 heavy (non-hydrogen) atoms. The van der Waals surface area contributed by atoms with Crippen LogP contribution in [0.2, 0.25) is 0 Å². The van der Waals surface area contributed by atoms with Gasteiger partial charge in [-0.2, -0.15) is 0 Å². The van der Waals surface area contributed by atoms with Crippen LogP contribution in [-0.4, -0.2) is 10.2 Å². The summed E-state index contributed by atoms with van der Waals surface area (Å²) >= 11 is 1.63. The molecule has 0 saturated heterocycles. The maximum Gasteiger partial charge on any atom is 0.0778 e. The summed E-state index contributed by atoms with van der Waals surface area (Å²) in [4.78, 5) is 2.21. The van der Waals surface area contributed by atoms with Crippen molar-refractivity contribution in [2.45, 2.75) is 52.2 Å². The lowest BCUT2D eigenvalue weighted by molar-refractivity contribution is 0.263. The maximum atomic E-state index is 9.07. The summed E-state index contributed by atoms with van der Waals surface area (Å²) in [6, 6.07) is 2.03. The molecule has 0 spiro atoms. The van der Waals surface area contributed by atoms with Crippen molar-refractivity contribution in [3.05, 3.63) is 21.4 Å². The van der Waals surface area contributed by atoms with Gasteiger partial charge in [-0.1, -0.05) is 26.2 Å². The van der Waals surface area contributed by atoms with E-state index in [0.29, 0.717) is 0 Å². The third-order valence-corrected chi connectivity index (χ3v) is 3.76. The Hall–Kier alpha value is -0.380. The third-order valence-electron chi connectivity index (χ3n) is 2.54. The fourth-order valence-corrected chi connectivity index (χ4v) is 2.73. The van der Waals surface area contributed by atoms with Gasteiger partial charge in [0.1, 0.15) is 0 Å². The minimum Gasteiger partial charge on any atom is -0.392 e. The van der Waals surface area contributed by atoms with Crippen LogP contribution >= 0.6 is 11.3 Å². The van der Waals surface area contributed by atoms with Gasteiger partial charge >= 0.3 is 0 Å². The Morgan fingerprint density at radius 2 is 1.93 bits per heavy atom. The normalized spacial score (nSPS) is 10.9. The molecule has 1 aromatic rings. The van der Waals surface area contributed by atoms with Crippen molar-refractivity contribution in [1.29, 1.82) is 0 Å². The molecule has 2 nitrogen and oxygen atoms in total. The van der Waals surface area contributed by atoms with Crippen LogP contribution in [0.1, 0.15) is 47.9 Å². The van der Waals surface area contributed by atoms with E-state index in [1.165, 1.54) is 30.6 Å². The van der Waals surface area contributed by atoms with E-state index >= 15 is 0 Å². The van der Waals surface area contributed by atoms with E-state index in [-0.39, 0.29) is 13.2 Å². The second-order valence-corrected chi connectivity index (χ2v) is 5.01. The topological polar surface area (TPSA) is 40.5 Å². The molecule has 2 N–H and O–H groups in total. The molecule has 0 saturated carbocycles. The number of aliphatic hydroxyl groups is 2. The van der Waals surface area contributed by atoms with Crippen molar-refractivity contribution in [1.82, 2.24) is 0 Å². The Morgan fingerprint density at radius 3 is 2.47 bits per heavy atom. The number of thiophene rings is 1. The molecule has 0 aliphatic rings. The first kappa shape index (κ1) is 12.7. The molecule has 1 rings (SSSR count). The third kappa shape index (κ3) is 3.93. The molecule has 0 aliphatic carbocycles. The first-order valence-corrected chi connectivity index (χ1v) is 6.45. The van der Waals surface area contributed by atoms with Crippen LogP contribution in [0.3, 0.4) is 0 Å². The van der Waals surface area contributed by atoms with E-state index < -0.39 is 0 Å². The summed E-state index contributed by atoms with van der Waals surface area (Å²) < 4.78 is 0. The molecule has 3 heteroatoms. The Morgan fingerprint density at radius 1 is 1.13 bits per heavy atom. The van der Waals surface area contributed by atoms with Crippen LogP contribution in [0.15, 0.2) is 6.07 Å². The average Bonchev–Trinajstić information content (AvgIpc) is 2.67. The minimum atomic E-state index is 0.0430. The van der Waals surface area contributed by atoms with Crippen molar-refractivity contribution < 1.29 is 10.2 Å². The van der Waals surface area contributed by atoms with Gasteiger partial charge in [0, 0.05) is 9.75 Å². The maximum absolute atomic E-state index is 9.07. The Bertz CT molecular complexity index is 260. The van der Waals surface area contributed by atoms with Gasteiger partial charge in [0.25, 0.3) is 0 Å². The van der Waals surface area contributed by atoms with Crippen LogP contribution in [0, 0.1) is 0 Å². The highest BCUT2D eigenvalue weighted by Gasteiger charge is 2.06. The lowest BCUT2D eigenvalue weighted by atomic mass is 10.1. The van der Waals surface area contributed by atoms with E-state index in [1.807, 2.05) is 6.07 Å². The smallest absolute Gasteiger partial charge is 0.0778 e. The highest BCUT2D eigenvalue weighted by molar-refractivity contribution is 7.12. The predicted octanol–water partition coefficient (Wildman–Crippen LogP) is 2.86. The SMILES string of the molecule is CCCCCCc1cc(CO)c(CO)s1. The summed E-state index contributed by atoms with van der Waals surface area (Å²) in [5.41, 5.74) is 0.896. The molecular formula is C12H20O2S. The summed E-state index contributed by atoms with van der Waals surface area (Å²) in [6.07, 6.45) is 6.12. The number of rotatable bonds is 7. The van der Waals surface area contributed by atoms with Crippen LogP contribution < -0.4 is 0 Å². The van der Waals surface area contributed by atoms with Gasteiger partial charge in [0.2, 0.25) is 0 Å². The summed E-state index contributed by atoms with van der Waals surface area (Å²) in [7, 11) is 0. The van der Waals surface area contributed by atoms with Crippen molar-refractivity contribution in [2.75, 3.05) is 0 Å². The highest BCUT2D eigenvalue weighted by atomic mass is 32.1. The zero-order chi connectivity index (χ0) is 11.1. The molecule has 0 radical (unpaired) electrons. The van der Waals surface area contributed by atoms with E-state index in [9.17, 15) is 0 Å². The number of unbranched alkanes of at least 4 members (excludes halogenated alkanes) is 3. The fourth-order valence-electron chi connectivity index (χ4n) is 1.64. The minimum absolute atomic E-state index is 0.0430. The lowest BCUT2D eigenvalue weighted by Crippen LogP contribution is -1.85. The largest absolute Gasteiger partial charge is 0.392 e. The number of aliphatic hydroxyl groups excluding tert-OH is 2. The van der Waals surface area contributed by atoms with E-state index in [1.54, 1.807) is 11.3 Å². The van der Waals surface area contributed by atoms with Crippen LogP contribution in [0.4, 0.5) is 0 Å². The Labute approximate surface area is 95.6 Å². The van der Waals surface area contributed by atoms with Gasteiger partial charge in [0.05, 0.1) is 13.2 Å². The molecule has 0 atom stereocenters. The average molecular weight is 228 g/mol. The Balaban J connectivity index is 2.43. The van der Waals surface area contributed by atoms with Gasteiger partial charge in [-0.3, -0.25) is 0 Å². The molecule has 0 aromatic carbocycles. The molecule has 0 bridgehead atoms. The van der Waals surface area contributed by atoms with Crippen molar-refractivity contribution >= 4 is 11.3 Å². The van der Waals surface area contributed by atoms with Gasteiger partial charge in [-0.05, 0) is 24.5 Å². The zero-order valence-corrected chi connectivity index (χ0v) is 10.1. The van der Waals surface area contributed by atoms with Crippen LogP contribution in [0.5, 0.6) is 0 Å². The second-order valence-electron chi connectivity index (χ2n) is 3.79. The molecular weight excluding hydrogens is 208 g/mol. The number of aryl methyl sites for hydroxylation is 1. The quantitative estimate of drug-likeness (QED) is 0.704. The summed E-state index contributed by atoms with van der Waals surface area (Å²) in [5, 5.41) is 18.1. The number of hydrogen-bond acceptors (Lipinski definition) is 3. The van der Waals surface area contributed by atoms with E-state index in [0.717, 1.165) is 16.9 Å².